The van der Waals surface area contributed by atoms with Crippen molar-refractivity contribution in [1.29, 1.82) is 0 Å². The minimum atomic E-state index is -3.39. The van der Waals surface area contributed by atoms with Gasteiger partial charge in [-0.2, -0.15) is 0 Å². The van der Waals surface area contributed by atoms with Crippen LogP contribution in [0.5, 0.6) is 0 Å². The first-order valence-corrected chi connectivity index (χ1v) is 5.12. The van der Waals surface area contributed by atoms with Crippen LogP contribution in [0.15, 0.2) is 17.3 Å². The van der Waals surface area contributed by atoms with Crippen LogP contribution in [0.25, 0.3) is 0 Å². The van der Waals surface area contributed by atoms with E-state index >= 15 is 0 Å². The Labute approximate surface area is 71.3 Å². The van der Waals surface area contributed by atoms with Gasteiger partial charge >= 0.3 is 0 Å². The summed E-state index contributed by atoms with van der Waals surface area (Å²) in [5, 5.41) is 0.829. The summed E-state index contributed by atoms with van der Waals surface area (Å²) >= 11 is 5.47. The van der Waals surface area contributed by atoms with E-state index in [9.17, 15) is 8.42 Å². The average Bonchev–Trinajstić information content (AvgIpc) is 1.92. The van der Waals surface area contributed by atoms with Crippen LogP contribution in [0.4, 0.5) is 0 Å². The molecule has 1 unspecified atom stereocenters. The molecule has 0 aliphatic carbocycles. The number of allylic oxidation sites excluding steroid dienone is 1. The second-order valence-corrected chi connectivity index (χ2v) is 4.54. The van der Waals surface area contributed by atoms with Crippen LogP contribution in [0.1, 0.15) is 0 Å². The Morgan fingerprint density at radius 3 is 3.00 bits per heavy atom. The molecule has 0 radical (unpaired) electrons. The fourth-order valence-corrected chi connectivity index (χ4v) is 1.37. The molecule has 1 aliphatic heterocycles. The Morgan fingerprint density at radius 2 is 2.55 bits per heavy atom. The van der Waals surface area contributed by atoms with Crippen molar-refractivity contribution in [2.24, 2.45) is 4.99 Å². The first kappa shape index (κ1) is 7.12. The molecular weight excluding hydrogens is 188 g/mol. The molecule has 0 aromatic rings. The summed E-state index contributed by atoms with van der Waals surface area (Å²) in [4.78, 5) is 3.58. The number of nitrogens with zero attached hydrogens (tertiary/aromatic N) is 1. The summed E-state index contributed by atoms with van der Waals surface area (Å²) in [6, 6.07) is 0. The fraction of sp³-hybridized carbons (Fsp3) is 0.400. The molecule has 0 saturated carbocycles. The predicted molar refractivity (Wildman–Crippen MR) is 44.2 cm³/mol. The molecule has 1 heterocycles. The van der Waals surface area contributed by atoms with E-state index in [2.05, 4.69) is 4.99 Å². The van der Waals surface area contributed by atoms with Crippen LogP contribution in [0, 0.1) is 0 Å². The van der Waals surface area contributed by atoms with Crippen LogP contribution in [-0.2, 0) is 9.84 Å². The zero-order valence-electron chi connectivity index (χ0n) is 6.73. The third-order valence-electron chi connectivity index (χ3n) is 1.04. The van der Waals surface area contributed by atoms with E-state index < -0.39 is 15.3 Å². The van der Waals surface area contributed by atoms with Crippen molar-refractivity contribution in [3.63, 3.8) is 0 Å². The van der Waals surface area contributed by atoms with Gasteiger partial charge in [0.2, 0.25) is 5.50 Å². The number of halogens is 1. The van der Waals surface area contributed by atoms with Crippen molar-refractivity contribution < 1.29 is 9.83 Å². The summed E-state index contributed by atoms with van der Waals surface area (Å²) in [6.07, 6.45) is 3.61. The van der Waals surface area contributed by atoms with E-state index in [0.717, 1.165) is 11.6 Å². The SMILES string of the molecule is [2H]N1C=CC(Cl)=NC1S(C)(=O)=O. The Balaban J connectivity index is 3.01. The van der Waals surface area contributed by atoms with E-state index in [4.69, 9.17) is 13.0 Å². The molecule has 4 nitrogen and oxygen atoms in total. The van der Waals surface area contributed by atoms with Gasteiger partial charge in [0.05, 0.1) is 0 Å². The second kappa shape index (κ2) is 2.83. The van der Waals surface area contributed by atoms with E-state index in [1.807, 2.05) is 0 Å². The maximum atomic E-state index is 11.0. The first-order chi connectivity index (χ1) is 5.41. The quantitative estimate of drug-likeness (QED) is 0.644. The van der Waals surface area contributed by atoms with Gasteiger partial charge in [-0.15, -0.1) is 0 Å². The van der Waals surface area contributed by atoms with E-state index in [1.54, 1.807) is 0 Å². The second-order valence-electron chi connectivity index (χ2n) is 2.07. The molecular formula is C5H7ClN2O2S. The molecule has 1 rings (SSSR count). The van der Waals surface area contributed by atoms with Crippen molar-refractivity contribution in [1.82, 2.24) is 5.31 Å². The van der Waals surface area contributed by atoms with Crippen molar-refractivity contribution in [2.75, 3.05) is 6.26 Å². The predicted octanol–water partition coefficient (Wildman–Crippen LogP) is 0.0688. The highest BCUT2D eigenvalue weighted by Gasteiger charge is 2.19. The molecule has 1 N–H and O–H groups in total. The molecule has 0 saturated heterocycles. The summed E-state index contributed by atoms with van der Waals surface area (Å²) < 4.78 is 29.1. The smallest absolute Gasteiger partial charge is 0.222 e. The molecule has 0 amide bonds. The lowest BCUT2D eigenvalue weighted by Gasteiger charge is -2.13. The lowest BCUT2D eigenvalue weighted by molar-refractivity contribution is 0.578. The molecule has 0 spiro atoms. The van der Waals surface area contributed by atoms with Crippen LogP contribution < -0.4 is 5.31 Å². The van der Waals surface area contributed by atoms with E-state index in [0.29, 0.717) is 0 Å². The van der Waals surface area contributed by atoms with Gasteiger partial charge in [-0.1, -0.05) is 11.6 Å². The van der Waals surface area contributed by atoms with E-state index in [1.165, 1.54) is 12.3 Å². The summed E-state index contributed by atoms with van der Waals surface area (Å²) in [6.45, 7) is 0. The zero-order chi connectivity index (χ0) is 9.35. The lowest BCUT2D eigenvalue weighted by Crippen LogP contribution is -2.33. The highest BCUT2D eigenvalue weighted by Crippen LogP contribution is 2.04. The summed E-state index contributed by atoms with van der Waals surface area (Å²) in [5.74, 6) is 0. The molecule has 6 heteroatoms. The van der Waals surface area contributed by atoms with Gasteiger partial charge in [0.1, 0.15) is 5.17 Å². The minimum Gasteiger partial charge on any atom is -0.357 e. The molecule has 0 fully saturated rings. The Morgan fingerprint density at radius 1 is 1.91 bits per heavy atom. The molecule has 1 aliphatic rings. The largest absolute Gasteiger partial charge is 0.357 e. The number of hydrogen-bond donors (Lipinski definition) is 1. The first-order valence-electron chi connectivity index (χ1n) is 3.23. The monoisotopic (exact) mass is 195 g/mol. The molecule has 0 bridgehead atoms. The van der Waals surface area contributed by atoms with Crippen LogP contribution >= 0.6 is 11.6 Å². The van der Waals surface area contributed by atoms with Crippen molar-refractivity contribution in [3.05, 3.63) is 12.3 Å². The number of rotatable bonds is 1. The molecule has 11 heavy (non-hydrogen) atoms. The van der Waals surface area contributed by atoms with Crippen LogP contribution in [0.3, 0.4) is 0 Å². The fourth-order valence-electron chi connectivity index (χ4n) is 0.566. The summed E-state index contributed by atoms with van der Waals surface area (Å²) in [5.41, 5.74) is -1.21. The number of aliphatic imine (C=N–C) groups is 1. The van der Waals surface area contributed by atoms with Gasteiger partial charge in [-0.3, -0.25) is 0 Å². The van der Waals surface area contributed by atoms with Gasteiger partial charge in [-0.25, -0.2) is 13.4 Å². The Kier molecular flexibility index (Phi) is 1.83. The number of sulfone groups is 1. The maximum Gasteiger partial charge on any atom is 0.222 e. The standard InChI is InChI=1S/C5H7ClN2O2S/c1-11(9,10)5-7-3-2-4(6)8-5/h2-3,5,7H,1H3/i/hD. The van der Waals surface area contributed by atoms with Gasteiger partial charge in [0, 0.05) is 12.5 Å². The van der Waals surface area contributed by atoms with Gasteiger partial charge < -0.3 is 5.31 Å². The molecule has 62 valence electrons. The molecule has 0 aromatic carbocycles. The number of hydrogen-bond acceptors (Lipinski definition) is 4. The topological polar surface area (TPSA) is 58.5 Å². The minimum absolute atomic E-state index is 0.0916. The van der Waals surface area contributed by atoms with E-state index in [-0.39, 0.29) is 5.17 Å². The summed E-state index contributed by atoms with van der Waals surface area (Å²) in [7, 11) is -3.39. The van der Waals surface area contributed by atoms with Crippen LogP contribution in [-0.4, -0.2) is 25.3 Å². The van der Waals surface area contributed by atoms with Crippen molar-refractivity contribution in [3.8, 4) is 0 Å². The highest BCUT2D eigenvalue weighted by atomic mass is 35.5. The van der Waals surface area contributed by atoms with Crippen molar-refractivity contribution in [2.45, 2.75) is 5.50 Å². The Bertz CT molecular complexity index is 337. The maximum absolute atomic E-state index is 11.0. The van der Waals surface area contributed by atoms with Gasteiger partial charge in [0.15, 0.2) is 11.2 Å². The van der Waals surface area contributed by atoms with Crippen LogP contribution in [0.2, 0.25) is 1.41 Å². The Hall–Kier alpha value is -0.550. The van der Waals surface area contributed by atoms with Crippen molar-refractivity contribution >= 4 is 26.6 Å². The lowest BCUT2D eigenvalue weighted by atomic mass is 10.6. The third-order valence-corrected chi connectivity index (χ3v) is 2.26. The number of nitrogens with one attached hydrogen (secondary N) is 1. The average molecular weight is 196 g/mol. The molecule has 0 aromatic heterocycles. The highest BCUT2D eigenvalue weighted by molar-refractivity contribution is 7.91. The van der Waals surface area contributed by atoms with Gasteiger partial charge in [0.25, 0.3) is 0 Å². The molecule has 1 atom stereocenters. The zero-order valence-corrected chi connectivity index (χ0v) is 7.30. The normalized spacial score (nSPS) is 26.4. The van der Waals surface area contributed by atoms with Gasteiger partial charge in [-0.05, 0) is 6.08 Å². The third kappa shape index (κ3) is 2.20.